The van der Waals surface area contributed by atoms with E-state index in [0.717, 1.165) is 25.7 Å². The summed E-state index contributed by atoms with van der Waals surface area (Å²) < 4.78 is 0. The van der Waals surface area contributed by atoms with Crippen LogP contribution in [-0.4, -0.2) is 23.2 Å². The number of hydrogen-bond acceptors (Lipinski definition) is 2. The fraction of sp³-hybridized carbons (Fsp3) is 0.909. The Kier molecular flexibility index (Phi) is 3.93. The summed E-state index contributed by atoms with van der Waals surface area (Å²) in [7, 11) is 0. The van der Waals surface area contributed by atoms with Gasteiger partial charge in [0.25, 0.3) is 0 Å². The molecule has 1 fully saturated rings. The Labute approximate surface area is 85.9 Å². The smallest absolute Gasteiger partial charge is 0.220 e. The zero-order chi connectivity index (χ0) is 10.6. The van der Waals surface area contributed by atoms with E-state index in [2.05, 4.69) is 5.32 Å². The molecule has 1 aliphatic carbocycles. The van der Waals surface area contributed by atoms with E-state index in [9.17, 15) is 9.90 Å². The van der Waals surface area contributed by atoms with Gasteiger partial charge in [-0.15, -0.1) is 0 Å². The molecule has 14 heavy (non-hydrogen) atoms. The lowest BCUT2D eigenvalue weighted by molar-refractivity contribution is -0.124. The van der Waals surface area contributed by atoms with Crippen LogP contribution in [0.5, 0.6) is 0 Å². The number of aliphatic hydroxyl groups is 1. The Morgan fingerprint density at radius 2 is 2.00 bits per heavy atom. The first kappa shape index (κ1) is 11.5. The Balaban J connectivity index is 2.44. The first-order valence-corrected chi connectivity index (χ1v) is 5.50. The Hall–Kier alpha value is -0.570. The minimum atomic E-state index is -0.300. The third-order valence-electron chi connectivity index (χ3n) is 2.86. The van der Waals surface area contributed by atoms with Crippen LogP contribution in [0.1, 0.15) is 46.0 Å². The van der Waals surface area contributed by atoms with Crippen LogP contribution in [0.3, 0.4) is 0 Å². The summed E-state index contributed by atoms with van der Waals surface area (Å²) in [4.78, 5) is 11.6. The molecule has 1 aliphatic rings. The maximum absolute atomic E-state index is 11.6. The standard InChI is InChI=1S/C11H21NO2/c1-9(2)7-10(14)12-11(8-13)5-3-4-6-11/h9,13H,3-8H2,1-2H3,(H,12,14). The van der Waals surface area contributed by atoms with E-state index in [1.807, 2.05) is 13.8 Å². The third-order valence-corrected chi connectivity index (χ3v) is 2.86. The van der Waals surface area contributed by atoms with Crippen molar-refractivity contribution in [2.75, 3.05) is 6.61 Å². The number of hydrogen-bond donors (Lipinski definition) is 2. The van der Waals surface area contributed by atoms with Crippen molar-refractivity contribution in [2.24, 2.45) is 5.92 Å². The Morgan fingerprint density at radius 1 is 1.43 bits per heavy atom. The van der Waals surface area contributed by atoms with Crippen LogP contribution >= 0.6 is 0 Å². The molecule has 0 aromatic rings. The van der Waals surface area contributed by atoms with Gasteiger partial charge in [-0.1, -0.05) is 26.7 Å². The van der Waals surface area contributed by atoms with Gasteiger partial charge >= 0.3 is 0 Å². The van der Waals surface area contributed by atoms with Gasteiger partial charge in [0.2, 0.25) is 5.91 Å². The lowest BCUT2D eigenvalue weighted by atomic mass is 9.98. The summed E-state index contributed by atoms with van der Waals surface area (Å²) in [5, 5.41) is 12.3. The summed E-state index contributed by atoms with van der Waals surface area (Å²) in [6.45, 7) is 4.14. The highest BCUT2D eigenvalue weighted by Gasteiger charge is 2.34. The second-order valence-electron chi connectivity index (χ2n) is 4.79. The molecule has 1 amide bonds. The lowest BCUT2D eigenvalue weighted by Crippen LogP contribution is -2.49. The van der Waals surface area contributed by atoms with Crippen molar-refractivity contribution in [3.8, 4) is 0 Å². The van der Waals surface area contributed by atoms with Crippen molar-refractivity contribution in [1.29, 1.82) is 0 Å². The molecule has 0 unspecified atom stereocenters. The van der Waals surface area contributed by atoms with Gasteiger partial charge in [-0.05, 0) is 18.8 Å². The summed E-state index contributed by atoms with van der Waals surface area (Å²) in [5.41, 5.74) is -0.300. The number of nitrogens with one attached hydrogen (secondary N) is 1. The number of amides is 1. The fourth-order valence-corrected chi connectivity index (χ4v) is 2.09. The van der Waals surface area contributed by atoms with Crippen molar-refractivity contribution < 1.29 is 9.90 Å². The van der Waals surface area contributed by atoms with Crippen LogP contribution in [0.2, 0.25) is 0 Å². The molecule has 3 heteroatoms. The minimum Gasteiger partial charge on any atom is -0.394 e. The average molecular weight is 199 g/mol. The first-order chi connectivity index (χ1) is 6.58. The van der Waals surface area contributed by atoms with Crippen molar-refractivity contribution in [3.05, 3.63) is 0 Å². The molecule has 1 saturated carbocycles. The predicted molar refractivity (Wildman–Crippen MR) is 55.9 cm³/mol. The van der Waals surface area contributed by atoms with E-state index in [1.54, 1.807) is 0 Å². The molecule has 1 rings (SSSR count). The van der Waals surface area contributed by atoms with Gasteiger partial charge in [-0.25, -0.2) is 0 Å². The van der Waals surface area contributed by atoms with Crippen molar-refractivity contribution >= 4 is 5.91 Å². The van der Waals surface area contributed by atoms with Gasteiger partial charge in [0.1, 0.15) is 0 Å². The van der Waals surface area contributed by atoms with Gasteiger partial charge in [0.05, 0.1) is 12.1 Å². The fourth-order valence-electron chi connectivity index (χ4n) is 2.09. The average Bonchev–Trinajstić information content (AvgIpc) is 2.52. The van der Waals surface area contributed by atoms with E-state index in [1.165, 1.54) is 0 Å². The molecule has 0 aromatic carbocycles. The third kappa shape index (κ3) is 2.98. The zero-order valence-electron chi connectivity index (χ0n) is 9.18. The van der Waals surface area contributed by atoms with Crippen LogP contribution in [-0.2, 0) is 4.79 Å². The van der Waals surface area contributed by atoms with Crippen LogP contribution in [0.25, 0.3) is 0 Å². The highest BCUT2D eigenvalue weighted by molar-refractivity contribution is 5.77. The van der Waals surface area contributed by atoms with Crippen molar-refractivity contribution in [2.45, 2.75) is 51.5 Å². The molecule has 0 heterocycles. The van der Waals surface area contributed by atoms with Gasteiger partial charge in [-0.3, -0.25) is 4.79 Å². The largest absolute Gasteiger partial charge is 0.394 e. The number of carbonyl (C=O) groups is 1. The number of carbonyl (C=O) groups excluding carboxylic acids is 1. The molecular formula is C11H21NO2. The maximum Gasteiger partial charge on any atom is 0.220 e. The number of rotatable bonds is 4. The topological polar surface area (TPSA) is 49.3 Å². The summed E-state index contributed by atoms with van der Waals surface area (Å²) in [6, 6.07) is 0. The van der Waals surface area contributed by atoms with Crippen molar-refractivity contribution in [1.82, 2.24) is 5.32 Å². The monoisotopic (exact) mass is 199 g/mol. The van der Waals surface area contributed by atoms with Gasteiger partial charge in [0.15, 0.2) is 0 Å². The highest BCUT2D eigenvalue weighted by Crippen LogP contribution is 2.29. The minimum absolute atomic E-state index is 0.0796. The molecule has 0 aliphatic heterocycles. The van der Waals surface area contributed by atoms with Crippen LogP contribution < -0.4 is 5.32 Å². The molecule has 0 saturated heterocycles. The van der Waals surface area contributed by atoms with Gasteiger partial charge < -0.3 is 10.4 Å². The SMILES string of the molecule is CC(C)CC(=O)NC1(CO)CCCC1. The summed E-state index contributed by atoms with van der Waals surface area (Å²) in [5.74, 6) is 0.461. The summed E-state index contributed by atoms with van der Waals surface area (Å²) in [6.07, 6.45) is 4.63. The van der Waals surface area contributed by atoms with E-state index in [-0.39, 0.29) is 18.1 Å². The molecular weight excluding hydrogens is 178 g/mol. The Bertz CT molecular complexity index is 195. The van der Waals surface area contributed by atoms with Crippen molar-refractivity contribution in [3.63, 3.8) is 0 Å². The summed E-state index contributed by atoms with van der Waals surface area (Å²) >= 11 is 0. The highest BCUT2D eigenvalue weighted by atomic mass is 16.3. The molecule has 0 atom stereocenters. The molecule has 0 radical (unpaired) electrons. The van der Waals surface area contributed by atoms with E-state index in [0.29, 0.717) is 12.3 Å². The van der Waals surface area contributed by atoms with Crippen LogP contribution in [0.4, 0.5) is 0 Å². The Morgan fingerprint density at radius 3 is 2.43 bits per heavy atom. The molecule has 3 nitrogen and oxygen atoms in total. The van der Waals surface area contributed by atoms with Crippen LogP contribution in [0, 0.1) is 5.92 Å². The second kappa shape index (κ2) is 4.78. The quantitative estimate of drug-likeness (QED) is 0.720. The normalized spacial score (nSPS) is 20.0. The van der Waals surface area contributed by atoms with E-state index in [4.69, 9.17) is 0 Å². The van der Waals surface area contributed by atoms with E-state index >= 15 is 0 Å². The van der Waals surface area contributed by atoms with Gasteiger partial charge in [-0.2, -0.15) is 0 Å². The van der Waals surface area contributed by atoms with Crippen LogP contribution in [0.15, 0.2) is 0 Å². The molecule has 82 valence electrons. The first-order valence-electron chi connectivity index (χ1n) is 5.50. The zero-order valence-corrected chi connectivity index (χ0v) is 9.18. The molecule has 0 spiro atoms. The molecule has 0 bridgehead atoms. The lowest BCUT2D eigenvalue weighted by Gasteiger charge is -2.28. The predicted octanol–water partition coefficient (Wildman–Crippen LogP) is 1.45. The van der Waals surface area contributed by atoms with Gasteiger partial charge in [0, 0.05) is 6.42 Å². The molecule has 2 N–H and O–H groups in total. The molecule has 0 aromatic heterocycles. The second-order valence-corrected chi connectivity index (χ2v) is 4.79. The number of aliphatic hydroxyl groups excluding tert-OH is 1. The van der Waals surface area contributed by atoms with E-state index < -0.39 is 0 Å². The maximum atomic E-state index is 11.6.